The van der Waals surface area contributed by atoms with Gasteiger partial charge in [0.25, 0.3) is 5.91 Å². The number of esters is 1. The summed E-state index contributed by atoms with van der Waals surface area (Å²) in [6.45, 7) is 2.32. The van der Waals surface area contributed by atoms with Gasteiger partial charge >= 0.3 is 5.97 Å². The number of hydrogen-bond donors (Lipinski definition) is 2. The van der Waals surface area contributed by atoms with Crippen molar-refractivity contribution in [3.05, 3.63) is 59.7 Å². The monoisotopic (exact) mass is 372 g/mol. The number of rotatable bonds is 6. The number of carbonyl (C=O) groups excluding carboxylic acids is 2. The van der Waals surface area contributed by atoms with Crippen LogP contribution in [0.4, 0.5) is 5.69 Å². The molecule has 6 nitrogen and oxygen atoms in total. The molecule has 2 aromatic carbocycles. The predicted molar refractivity (Wildman–Crippen MR) is 104 cm³/mol. The molecule has 0 saturated heterocycles. The maximum absolute atomic E-state index is 12.1. The molecule has 0 unspecified atom stereocenters. The molecule has 2 aromatic rings. The molecule has 7 heteroatoms. The van der Waals surface area contributed by atoms with Crippen LogP contribution >= 0.6 is 12.2 Å². The number of ether oxygens (including phenoxy) is 2. The van der Waals surface area contributed by atoms with Crippen LogP contribution in [0.25, 0.3) is 0 Å². The molecule has 0 atom stereocenters. The van der Waals surface area contributed by atoms with Gasteiger partial charge in [0, 0.05) is 11.3 Å². The van der Waals surface area contributed by atoms with Gasteiger partial charge in [0.15, 0.2) is 5.11 Å². The Morgan fingerprint density at radius 2 is 1.62 bits per heavy atom. The van der Waals surface area contributed by atoms with Crippen LogP contribution < -0.4 is 15.4 Å². The molecular weight excluding hydrogens is 352 g/mol. The Morgan fingerprint density at radius 1 is 1.00 bits per heavy atom. The minimum atomic E-state index is -0.367. The largest absolute Gasteiger partial charge is 0.497 e. The maximum Gasteiger partial charge on any atom is 0.338 e. The molecule has 2 N–H and O–H groups in total. The molecule has 0 fully saturated rings. The predicted octanol–water partition coefficient (Wildman–Crippen LogP) is 3.39. The number of thiocarbonyl (C=S) groups is 1. The molecule has 136 valence electrons. The van der Waals surface area contributed by atoms with Gasteiger partial charge in [-0.05, 0) is 67.2 Å². The van der Waals surface area contributed by atoms with Crippen molar-refractivity contribution in [2.75, 3.05) is 19.0 Å². The summed E-state index contributed by atoms with van der Waals surface area (Å²) in [5.41, 5.74) is 1.57. The molecule has 0 aliphatic rings. The number of nitrogens with one attached hydrogen (secondary N) is 2. The summed E-state index contributed by atoms with van der Waals surface area (Å²) in [6, 6.07) is 13.3. The Balaban J connectivity index is 1.90. The first-order valence-corrected chi connectivity index (χ1v) is 8.48. The van der Waals surface area contributed by atoms with Gasteiger partial charge in [-0.25, -0.2) is 4.79 Å². The minimum absolute atomic E-state index is 0.159. The summed E-state index contributed by atoms with van der Waals surface area (Å²) in [5, 5.41) is 5.65. The topological polar surface area (TPSA) is 76.7 Å². The summed E-state index contributed by atoms with van der Waals surface area (Å²) in [5.74, 6) is -0.0292. The molecular formula is C19H20N2O4S. The zero-order valence-electron chi connectivity index (χ0n) is 14.6. The lowest BCUT2D eigenvalue weighted by Crippen LogP contribution is -2.34. The molecule has 0 saturated carbocycles. The highest BCUT2D eigenvalue weighted by Gasteiger charge is 2.09. The van der Waals surface area contributed by atoms with Gasteiger partial charge in [-0.15, -0.1) is 0 Å². The fourth-order valence-corrected chi connectivity index (χ4v) is 2.26. The smallest absolute Gasteiger partial charge is 0.338 e. The highest BCUT2D eigenvalue weighted by Crippen LogP contribution is 2.12. The van der Waals surface area contributed by atoms with Crippen molar-refractivity contribution in [3.63, 3.8) is 0 Å². The first kappa shape index (κ1) is 19.4. The normalized spacial score (nSPS) is 9.92. The summed E-state index contributed by atoms with van der Waals surface area (Å²) in [4.78, 5) is 23.9. The van der Waals surface area contributed by atoms with E-state index in [1.54, 1.807) is 55.6 Å². The second kappa shape index (κ2) is 9.53. The van der Waals surface area contributed by atoms with E-state index in [0.29, 0.717) is 29.2 Å². The number of anilines is 1. The summed E-state index contributed by atoms with van der Waals surface area (Å²) in [7, 11) is 1.56. The second-order valence-corrected chi connectivity index (χ2v) is 5.76. The Morgan fingerprint density at radius 3 is 2.19 bits per heavy atom. The highest BCUT2D eigenvalue weighted by molar-refractivity contribution is 7.80. The van der Waals surface area contributed by atoms with Gasteiger partial charge in [-0.2, -0.15) is 0 Å². The molecule has 0 bridgehead atoms. The van der Waals surface area contributed by atoms with Crippen molar-refractivity contribution in [1.82, 2.24) is 5.32 Å². The number of hydrogen-bond acceptors (Lipinski definition) is 5. The third-order valence-electron chi connectivity index (χ3n) is 3.40. The average molecular weight is 372 g/mol. The van der Waals surface area contributed by atoms with Gasteiger partial charge < -0.3 is 14.8 Å². The number of methoxy groups -OCH3 is 1. The first-order chi connectivity index (χ1) is 12.5. The van der Waals surface area contributed by atoms with Crippen LogP contribution in [-0.4, -0.2) is 30.7 Å². The Bertz CT molecular complexity index is 773. The van der Waals surface area contributed by atoms with E-state index in [-0.39, 0.29) is 17.0 Å². The van der Waals surface area contributed by atoms with Crippen LogP contribution in [0.5, 0.6) is 5.75 Å². The molecule has 26 heavy (non-hydrogen) atoms. The van der Waals surface area contributed by atoms with Crippen molar-refractivity contribution in [3.8, 4) is 5.75 Å². The van der Waals surface area contributed by atoms with Gasteiger partial charge in [0.05, 0.1) is 19.3 Å². The third kappa shape index (κ3) is 5.56. The van der Waals surface area contributed by atoms with Crippen LogP contribution in [0.15, 0.2) is 48.5 Å². The first-order valence-electron chi connectivity index (χ1n) is 8.07. The molecule has 0 heterocycles. The zero-order valence-corrected chi connectivity index (χ0v) is 15.4. The maximum atomic E-state index is 12.1. The van der Waals surface area contributed by atoms with Crippen molar-refractivity contribution in [1.29, 1.82) is 0 Å². The third-order valence-corrected chi connectivity index (χ3v) is 3.60. The quantitative estimate of drug-likeness (QED) is 0.598. The van der Waals surface area contributed by atoms with Crippen molar-refractivity contribution in [2.24, 2.45) is 0 Å². The molecule has 0 radical (unpaired) electrons. The highest BCUT2D eigenvalue weighted by atomic mass is 32.1. The van der Waals surface area contributed by atoms with E-state index in [1.165, 1.54) is 0 Å². The molecule has 1 amide bonds. The lowest BCUT2D eigenvalue weighted by molar-refractivity contribution is 0.0505. The van der Waals surface area contributed by atoms with Crippen molar-refractivity contribution < 1.29 is 19.1 Å². The van der Waals surface area contributed by atoms with Gasteiger partial charge in [-0.3, -0.25) is 10.1 Å². The molecule has 0 aromatic heterocycles. The van der Waals surface area contributed by atoms with Crippen molar-refractivity contribution >= 4 is 34.9 Å². The van der Waals surface area contributed by atoms with E-state index in [2.05, 4.69) is 10.6 Å². The Labute approximate surface area is 157 Å². The summed E-state index contributed by atoms with van der Waals surface area (Å²) >= 11 is 5.14. The summed E-state index contributed by atoms with van der Waals surface area (Å²) in [6.07, 6.45) is 0.771. The summed E-state index contributed by atoms with van der Waals surface area (Å²) < 4.78 is 10.1. The minimum Gasteiger partial charge on any atom is -0.497 e. The van der Waals surface area contributed by atoms with Crippen LogP contribution in [0.3, 0.4) is 0 Å². The fourth-order valence-electron chi connectivity index (χ4n) is 2.05. The zero-order chi connectivity index (χ0) is 18.9. The lowest BCUT2D eigenvalue weighted by Gasteiger charge is -2.10. The van der Waals surface area contributed by atoms with Crippen LogP contribution in [0, 0.1) is 0 Å². The van der Waals surface area contributed by atoms with Gasteiger partial charge in [0.2, 0.25) is 0 Å². The van der Waals surface area contributed by atoms with Crippen molar-refractivity contribution in [2.45, 2.75) is 13.3 Å². The molecule has 0 aliphatic heterocycles. The number of benzene rings is 2. The molecule has 0 aliphatic carbocycles. The fraction of sp³-hybridized carbons (Fsp3) is 0.211. The van der Waals surface area contributed by atoms with E-state index in [4.69, 9.17) is 21.7 Å². The van der Waals surface area contributed by atoms with Gasteiger partial charge in [0.1, 0.15) is 5.75 Å². The van der Waals surface area contributed by atoms with Crippen LogP contribution in [0.1, 0.15) is 34.1 Å². The lowest BCUT2D eigenvalue weighted by atomic mass is 10.2. The van der Waals surface area contributed by atoms with E-state index in [9.17, 15) is 9.59 Å². The Hall–Kier alpha value is -2.93. The van der Waals surface area contributed by atoms with E-state index < -0.39 is 0 Å². The standard InChI is InChI=1S/C19H20N2O4S/c1-3-12-25-18(23)14-4-8-15(9-5-14)20-19(26)21-17(22)13-6-10-16(24-2)11-7-13/h4-11H,3,12H2,1-2H3,(H2,20,21,22,26). The van der Waals surface area contributed by atoms with Crippen LogP contribution in [0.2, 0.25) is 0 Å². The van der Waals surface area contributed by atoms with E-state index in [1.807, 2.05) is 6.92 Å². The number of amides is 1. The molecule has 2 rings (SSSR count). The van der Waals surface area contributed by atoms with E-state index in [0.717, 1.165) is 6.42 Å². The van der Waals surface area contributed by atoms with Gasteiger partial charge in [-0.1, -0.05) is 6.92 Å². The number of carbonyl (C=O) groups is 2. The molecule has 0 spiro atoms. The Kier molecular flexibility index (Phi) is 7.11. The van der Waals surface area contributed by atoms with E-state index >= 15 is 0 Å². The SMILES string of the molecule is CCCOC(=O)c1ccc(NC(=S)NC(=O)c2ccc(OC)cc2)cc1. The second-order valence-electron chi connectivity index (χ2n) is 5.35. The average Bonchev–Trinajstić information content (AvgIpc) is 2.66. The van der Waals surface area contributed by atoms with Crippen LogP contribution in [-0.2, 0) is 4.74 Å².